The first kappa shape index (κ1) is 20.3. The third kappa shape index (κ3) is 6.04. The lowest BCUT2D eigenvalue weighted by Gasteiger charge is -2.28. The highest BCUT2D eigenvalue weighted by molar-refractivity contribution is 5.44. The summed E-state index contributed by atoms with van der Waals surface area (Å²) >= 11 is 0. The van der Waals surface area contributed by atoms with Crippen molar-refractivity contribution in [3.63, 3.8) is 0 Å². The first-order valence-corrected chi connectivity index (χ1v) is 10.9. The molecule has 28 heavy (non-hydrogen) atoms. The fraction of sp³-hybridized carbons (Fsp3) is 0.429. The lowest BCUT2D eigenvalue weighted by molar-refractivity contribution is 0.319. The van der Waals surface area contributed by atoms with Crippen LogP contribution >= 0.6 is 0 Å². The van der Waals surface area contributed by atoms with Crippen molar-refractivity contribution in [3.05, 3.63) is 70.8 Å². The number of rotatable bonds is 4. The summed E-state index contributed by atoms with van der Waals surface area (Å²) in [6, 6.07) is 17.4. The topological polar surface area (TPSA) is 0 Å². The quantitative estimate of drug-likeness (QED) is 0.504. The van der Waals surface area contributed by atoms with Crippen LogP contribution < -0.4 is 0 Å². The van der Waals surface area contributed by atoms with E-state index in [0.717, 1.165) is 42.2 Å². The Balaban J connectivity index is 1.56. The molecular weight excluding hydrogens is 336 g/mol. The van der Waals surface area contributed by atoms with Gasteiger partial charge < -0.3 is 0 Å². The standard InChI is InChI=1S/C28H32/c1-3-5-6-7-8-24-9-11-25(12-10-24)13-14-26-17-21-28(22-18-26)27-19-15-23(4-2)16-20-27/h9-12,17-18,21-23,27H,3-5,8,15-16,19-20H2,1-2H3. The first-order valence-electron chi connectivity index (χ1n) is 10.9. The minimum absolute atomic E-state index is 0.748. The molecule has 0 aromatic heterocycles. The van der Waals surface area contributed by atoms with Gasteiger partial charge in [-0.25, -0.2) is 0 Å². The second kappa shape index (κ2) is 10.8. The van der Waals surface area contributed by atoms with Gasteiger partial charge in [0.2, 0.25) is 0 Å². The van der Waals surface area contributed by atoms with E-state index in [1.54, 1.807) is 0 Å². The minimum Gasteiger partial charge on any atom is -0.103 e. The highest BCUT2D eigenvalue weighted by atomic mass is 14.3. The van der Waals surface area contributed by atoms with Gasteiger partial charge >= 0.3 is 0 Å². The van der Waals surface area contributed by atoms with Crippen molar-refractivity contribution in [2.24, 2.45) is 5.92 Å². The van der Waals surface area contributed by atoms with E-state index in [-0.39, 0.29) is 0 Å². The highest BCUT2D eigenvalue weighted by Crippen LogP contribution is 2.36. The Morgan fingerprint density at radius 1 is 0.750 bits per heavy atom. The highest BCUT2D eigenvalue weighted by Gasteiger charge is 2.20. The summed E-state index contributed by atoms with van der Waals surface area (Å²) in [5, 5.41) is 0. The summed E-state index contributed by atoms with van der Waals surface area (Å²) in [6.45, 7) is 4.49. The molecule has 1 fully saturated rings. The molecule has 0 saturated heterocycles. The van der Waals surface area contributed by atoms with Crippen LogP contribution in [0.4, 0.5) is 0 Å². The van der Waals surface area contributed by atoms with Gasteiger partial charge in [-0.2, -0.15) is 0 Å². The van der Waals surface area contributed by atoms with Crippen molar-refractivity contribution in [2.75, 3.05) is 0 Å². The Morgan fingerprint density at radius 3 is 1.93 bits per heavy atom. The number of unbranched alkanes of at least 4 members (excludes halogenated alkanes) is 1. The maximum Gasteiger partial charge on any atom is 0.0340 e. The molecule has 0 heterocycles. The molecule has 0 aliphatic heterocycles. The molecule has 1 aliphatic rings. The lowest BCUT2D eigenvalue weighted by atomic mass is 9.78. The van der Waals surface area contributed by atoms with Gasteiger partial charge in [0.15, 0.2) is 0 Å². The van der Waals surface area contributed by atoms with E-state index in [4.69, 9.17) is 0 Å². The van der Waals surface area contributed by atoms with E-state index >= 15 is 0 Å². The van der Waals surface area contributed by atoms with Gasteiger partial charge in [0.05, 0.1) is 0 Å². The average molecular weight is 369 g/mol. The summed E-state index contributed by atoms with van der Waals surface area (Å²) in [7, 11) is 0. The van der Waals surface area contributed by atoms with Gasteiger partial charge in [0, 0.05) is 24.0 Å². The molecule has 2 aromatic carbocycles. The molecule has 0 radical (unpaired) electrons. The zero-order chi connectivity index (χ0) is 19.6. The SMILES string of the molecule is CCCC#CCc1ccc(C#Cc2ccc(C3CCC(CC)CC3)cc2)cc1. The number of benzene rings is 2. The Labute approximate surface area is 171 Å². The van der Waals surface area contributed by atoms with E-state index in [2.05, 4.69) is 86.1 Å². The normalized spacial score (nSPS) is 18.5. The van der Waals surface area contributed by atoms with Crippen LogP contribution in [0.2, 0.25) is 0 Å². The molecular formula is C28H32. The van der Waals surface area contributed by atoms with Gasteiger partial charge in [0.1, 0.15) is 0 Å². The molecule has 0 N–H and O–H groups in total. The van der Waals surface area contributed by atoms with Crippen LogP contribution in [-0.2, 0) is 6.42 Å². The second-order valence-corrected chi connectivity index (χ2v) is 7.98. The first-order chi connectivity index (χ1) is 13.8. The predicted octanol–water partition coefficient (Wildman–Crippen LogP) is 7.12. The van der Waals surface area contributed by atoms with E-state index < -0.39 is 0 Å². The van der Waals surface area contributed by atoms with Crippen LogP contribution in [0.1, 0.15) is 87.0 Å². The van der Waals surface area contributed by atoms with Gasteiger partial charge in [-0.15, -0.1) is 5.92 Å². The van der Waals surface area contributed by atoms with Crippen molar-refractivity contribution in [1.29, 1.82) is 0 Å². The molecule has 3 rings (SSSR count). The smallest absolute Gasteiger partial charge is 0.0340 e. The largest absolute Gasteiger partial charge is 0.103 e. The zero-order valence-electron chi connectivity index (χ0n) is 17.4. The molecule has 0 atom stereocenters. The monoisotopic (exact) mass is 368 g/mol. The summed E-state index contributed by atoms with van der Waals surface area (Å²) in [5.41, 5.74) is 4.91. The average Bonchev–Trinajstić information content (AvgIpc) is 2.76. The fourth-order valence-corrected chi connectivity index (χ4v) is 3.97. The predicted molar refractivity (Wildman–Crippen MR) is 120 cm³/mol. The Morgan fingerprint density at radius 2 is 1.36 bits per heavy atom. The molecule has 0 heteroatoms. The van der Waals surface area contributed by atoms with Crippen molar-refractivity contribution in [3.8, 4) is 23.7 Å². The van der Waals surface area contributed by atoms with Crippen LogP contribution in [0.5, 0.6) is 0 Å². The van der Waals surface area contributed by atoms with E-state index in [0.29, 0.717) is 0 Å². The molecule has 144 valence electrons. The molecule has 1 aliphatic carbocycles. The van der Waals surface area contributed by atoms with Gasteiger partial charge in [-0.3, -0.25) is 0 Å². The maximum atomic E-state index is 3.31. The summed E-state index contributed by atoms with van der Waals surface area (Å²) < 4.78 is 0. The minimum atomic E-state index is 0.748. The van der Waals surface area contributed by atoms with E-state index in [1.165, 1.54) is 43.2 Å². The van der Waals surface area contributed by atoms with Crippen molar-refractivity contribution < 1.29 is 0 Å². The van der Waals surface area contributed by atoms with Crippen LogP contribution in [0.25, 0.3) is 0 Å². The van der Waals surface area contributed by atoms with Crippen LogP contribution in [-0.4, -0.2) is 0 Å². The molecule has 0 amide bonds. The van der Waals surface area contributed by atoms with Crippen LogP contribution in [0, 0.1) is 29.6 Å². The molecule has 0 spiro atoms. The molecule has 1 saturated carbocycles. The van der Waals surface area contributed by atoms with Gasteiger partial charge in [-0.1, -0.05) is 62.3 Å². The summed E-state index contributed by atoms with van der Waals surface area (Å²) in [6.07, 6.45) is 9.76. The van der Waals surface area contributed by atoms with Crippen molar-refractivity contribution in [1.82, 2.24) is 0 Å². The Kier molecular flexibility index (Phi) is 7.82. The third-order valence-corrected chi connectivity index (χ3v) is 5.90. The zero-order valence-corrected chi connectivity index (χ0v) is 17.4. The Bertz CT molecular complexity index is 839. The molecule has 0 nitrogen and oxygen atoms in total. The second-order valence-electron chi connectivity index (χ2n) is 7.98. The van der Waals surface area contributed by atoms with E-state index in [1.807, 2.05) is 0 Å². The van der Waals surface area contributed by atoms with Crippen LogP contribution in [0.3, 0.4) is 0 Å². The molecule has 0 bridgehead atoms. The maximum absolute atomic E-state index is 3.31. The van der Waals surface area contributed by atoms with Crippen molar-refractivity contribution >= 4 is 0 Å². The lowest BCUT2D eigenvalue weighted by Crippen LogP contribution is -2.12. The number of hydrogen-bond acceptors (Lipinski definition) is 0. The Hall–Kier alpha value is -2.44. The molecule has 0 unspecified atom stereocenters. The van der Waals surface area contributed by atoms with Crippen LogP contribution in [0.15, 0.2) is 48.5 Å². The number of hydrogen-bond donors (Lipinski definition) is 0. The summed E-state index contributed by atoms with van der Waals surface area (Å²) in [5.74, 6) is 14.7. The van der Waals surface area contributed by atoms with Gasteiger partial charge in [0.25, 0.3) is 0 Å². The summed E-state index contributed by atoms with van der Waals surface area (Å²) in [4.78, 5) is 0. The van der Waals surface area contributed by atoms with Crippen molar-refractivity contribution in [2.45, 2.75) is 71.1 Å². The third-order valence-electron chi connectivity index (χ3n) is 5.90. The van der Waals surface area contributed by atoms with Gasteiger partial charge in [-0.05, 0) is 79.3 Å². The van der Waals surface area contributed by atoms with E-state index in [9.17, 15) is 0 Å². The fourth-order valence-electron chi connectivity index (χ4n) is 3.97. The molecule has 2 aromatic rings.